The average molecular weight is 291 g/mol. The fourth-order valence-corrected chi connectivity index (χ4v) is 2.18. The van der Waals surface area contributed by atoms with E-state index in [0.29, 0.717) is 18.9 Å². The van der Waals surface area contributed by atoms with Crippen molar-refractivity contribution in [3.8, 4) is 0 Å². The number of carbonyl (C=O) groups excluding carboxylic acids is 1. The van der Waals surface area contributed by atoms with Crippen LogP contribution < -0.4 is 5.32 Å². The number of amides is 1. The van der Waals surface area contributed by atoms with E-state index in [2.05, 4.69) is 51.2 Å². The van der Waals surface area contributed by atoms with Crippen LogP contribution in [0, 0.1) is 19.8 Å². The Morgan fingerprint density at radius 3 is 2.71 bits per heavy atom. The summed E-state index contributed by atoms with van der Waals surface area (Å²) in [6.07, 6.45) is 2.24. The van der Waals surface area contributed by atoms with E-state index in [-0.39, 0.29) is 5.91 Å². The number of ether oxygens (including phenoxy) is 1. The molecule has 1 aromatic rings. The first kappa shape index (κ1) is 17.7. The van der Waals surface area contributed by atoms with Gasteiger partial charge in [0.2, 0.25) is 5.91 Å². The van der Waals surface area contributed by atoms with E-state index in [1.54, 1.807) is 0 Å². The maximum Gasteiger partial charge on any atom is 0.220 e. The summed E-state index contributed by atoms with van der Waals surface area (Å²) in [6, 6.07) is 6.39. The molecule has 1 aromatic carbocycles. The summed E-state index contributed by atoms with van der Waals surface area (Å²) in [5.41, 5.74) is 3.79. The summed E-state index contributed by atoms with van der Waals surface area (Å²) >= 11 is 0. The summed E-state index contributed by atoms with van der Waals surface area (Å²) in [6.45, 7) is 10.7. The third kappa shape index (κ3) is 7.86. The molecular formula is C18H29NO2. The van der Waals surface area contributed by atoms with Gasteiger partial charge in [0.15, 0.2) is 0 Å². The van der Waals surface area contributed by atoms with Gasteiger partial charge in [0.1, 0.15) is 0 Å². The zero-order chi connectivity index (χ0) is 15.7. The fourth-order valence-electron chi connectivity index (χ4n) is 2.18. The van der Waals surface area contributed by atoms with Crippen LogP contribution in [0.25, 0.3) is 0 Å². The van der Waals surface area contributed by atoms with Crippen LogP contribution in [0.15, 0.2) is 18.2 Å². The predicted molar refractivity (Wildman–Crippen MR) is 87.5 cm³/mol. The van der Waals surface area contributed by atoms with Crippen molar-refractivity contribution in [2.24, 2.45) is 5.92 Å². The highest BCUT2D eigenvalue weighted by Crippen LogP contribution is 2.12. The van der Waals surface area contributed by atoms with Gasteiger partial charge in [-0.3, -0.25) is 4.79 Å². The van der Waals surface area contributed by atoms with Crippen LogP contribution in [0.2, 0.25) is 0 Å². The number of benzene rings is 1. The van der Waals surface area contributed by atoms with Crippen molar-refractivity contribution in [2.75, 3.05) is 19.8 Å². The van der Waals surface area contributed by atoms with E-state index in [9.17, 15) is 4.79 Å². The van der Waals surface area contributed by atoms with Crippen LogP contribution in [0.1, 0.15) is 43.4 Å². The van der Waals surface area contributed by atoms with E-state index in [1.807, 2.05) is 0 Å². The van der Waals surface area contributed by atoms with Crippen molar-refractivity contribution in [3.05, 3.63) is 34.9 Å². The highest BCUT2D eigenvalue weighted by Gasteiger charge is 2.04. The summed E-state index contributed by atoms with van der Waals surface area (Å²) < 4.78 is 5.48. The third-order valence-corrected chi connectivity index (χ3v) is 3.36. The minimum absolute atomic E-state index is 0.124. The second-order valence-electron chi connectivity index (χ2n) is 6.10. The number of nitrogens with one attached hydrogen (secondary N) is 1. The summed E-state index contributed by atoms with van der Waals surface area (Å²) in [5.74, 6) is 0.691. The van der Waals surface area contributed by atoms with Crippen molar-refractivity contribution >= 4 is 5.91 Å². The van der Waals surface area contributed by atoms with Crippen molar-refractivity contribution in [3.63, 3.8) is 0 Å². The zero-order valence-electron chi connectivity index (χ0n) is 13.9. The number of rotatable bonds is 9. The first-order valence-electron chi connectivity index (χ1n) is 7.89. The van der Waals surface area contributed by atoms with Gasteiger partial charge >= 0.3 is 0 Å². The molecule has 0 fully saturated rings. The Kier molecular flexibility index (Phi) is 8.06. The zero-order valence-corrected chi connectivity index (χ0v) is 13.9. The van der Waals surface area contributed by atoms with Crippen molar-refractivity contribution < 1.29 is 9.53 Å². The molecule has 0 spiro atoms. The molecule has 0 unspecified atom stereocenters. The van der Waals surface area contributed by atoms with E-state index in [1.165, 1.54) is 16.7 Å². The van der Waals surface area contributed by atoms with Gasteiger partial charge in [-0.15, -0.1) is 0 Å². The van der Waals surface area contributed by atoms with E-state index >= 15 is 0 Å². The second kappa shape index (κ2) is 9.56. The Morgan fingerprint density at radius 2 is 2.05 bits per heavy atom. The highest BCUT2D eigenvalue weighted by molar-refractivity contribution is 5.76. The standard InChI is InChI=1S/C18H29NO2/c1-14(2)13-21-11-5-10-19-18(20)9-8-17-7-6-15(3)12-16(17)4/h6-7,12,14H,5,8-11,13H2,1-4H3,(H,19,20). The first-order chi connectivity index (χ1) is 9.99. The third-order valence-electron chi connectivity index (χ3n) is 3.36. The Morgan fingerprint density at radius 1 is 1.29 bits per heavy atom. The molecule has 1 N–H and O–H groups in total. The van der Waals surface area contributed by atoms with Gasteiger partial charge in [-0.05, 0) is 43.7 Å². The molecule has 0 aromatic heterocycles. The molecule has 0 atom stereocenters. The molecule has 0 aliphatic rings. The molecular weight excluding hydrogens is 262 g/mol. The summed E-state index contributed by atoms with van der Waals surface area (Å²) in [7, 11) is 0. The molecule has 0 radical (unpaired) electrons. The number of hydrogen-bond donors (Lipinski definition) is 1. The fraction of sp³-hybridized carbons (Fsp3) is 0.611. The monoisotopic (exact) mass is 291 g/mol. The van der Waals surface area contributed by atoms with E-state index in [0.717, 1.165) is 26.1 Å². The molecule has 0 saturated heterocycles. The smallest absolute Gasteiger partial charge is 0.220 e. The lowest BCUT2D eigenvalue weighted by Crippen LogP contribution is -2.25. The van der Waals surface area contributed by atoms with Gasteiger partial charge < -0.3 is 10.1 Å². The Bertz CT molecular complexity index is 441. The lowest BCUT2D eigenvalue weighted by molar-refractivity contribution is -0.121. The normalized spacial score (nSPS) is 10.9. The van der Waals surface area contributed by atoms with Gasteiger partial charge in [0.25, 0.3) is 0 Å². The molecule has 118 valence electrons. The SMILES string of the molecule is Cc1ccc(CCC(=O)NCCCOCC(C)C)c(C)c1. The quantitative estimate of drug-likeness (QED) is 0.708. The molecule has 3 heteroatoms. The maximum absolute atomic E-state index is 11.8. The second-order valence-corrected chi connectivity index (χ2v) is 6.10. The highest BCUT2D eigenvalue weighted by atomic mass is 16.5. The molecule has 21 heavy (non-hydrogen) atoms. The molecule has 0 bridgehead atoms. The maximum atomic E-state index is 11.8. The van der Waals surface area contributed by atoms with Crippen LogP contribution in [-0.2, 0) is 16.0 Å². The van der Waals surface area contributed by atoms with Crippen LogP contribution >= 0.6 is 0 Å². The van der Waals surface area contributed by atoms with Crippen LogP contribution in [0.4, 0.5) is 0 Å². The molecule has 0 saturated carbocycles. The Balaban J connectivity index is 2.14. The van der Waals surface area contributed by atoms with Crippen molar-refractivity contribution in [1.29, 1.82) is 0 Å². The molecule has 3 nitrogen and oxygen atoms in total. The lowest BCUT2D eigenvalue weighted by Gasteiger charge is -2.09. The van der Waals surface area contributed by atoms with Crippen LogP contribution in [0.5, 0.6) is 0 Å². The Hall–Kier alpha value is -1.35. The van der Waals surface area contributed by atoms with Gasteiger partial charge in [-0.25, -0.2) is 0 Å². The molecule has 0 aliphatic carbocycles. The minimum atomic E-state index is 0.124. The Labute approximate surface area is 129 Å². The molecule has 0 aliphatic heterocycles. The summed E-state index contributed by atoms with van der Waals surface area (Å²) in [5, 5.41) is 2.95. The number of carbonyl (C=O) groups is 1. The van der Waals surface area contributed by atoms with Crippen LogP contribution in [-0.4, -0.2) is 25.7 Å². The lowest BCUT2D eigenvalue weighted by atomic mass is 10.0. The van der Waals surface area contributed by atoms with Crippen molar-refractivity contribution in [1.82, 2.24) is 5.32 Å². The van der Waals surface area contributed by atoms with Gasteiger partial charge in [-0.1, -0.05) is 37.6 Å². The van der Waals surface area contributed by atoms with Gasteiger partial charge in [-0.2, -0.15) is 0 Å². The molecule has 1 amide bonds. The summed E-state index contributed by atoms with van der Waals surface area (Å²) in [4.78, 5) is 11.8. The number of hydrogen-bond acceptors (Lipinski definition) is 2. The molecule has 1 rings (SSSR count). The van der Waals surface area contributed by atoms with Gasteiger partial charge in [0, 0.05) is 26.2 Å². The average Bonchev–Trinajstić information content (AvgIpc) is 2.41. The van der Waals surface area contributed by atoms with Gasteiger partial charge in [0.05, 0.1) is 0 Å². The topological polar surface area (TPSA) is 38.3 Å². The minimum Gasteiger partial charge on any atom is -0.381 e. The number of aryl methyl sites for hydroxylation is 3. The van der Waals surface area contributed by atoms with E-state index in [4.69, 9.17) is 4.74 Å². The first-order valence-corrected chi connectivity index (χ1v) is 7.89. The molecule has 0 heterocycles. The largest absolute Gasteiger partial charge is 0.381 e. The van der Waals surface area contributed by atoms with Crippen LogP contribution in [0.3, 0.4) is 0 Å². The predicted octanol–water partition coefficient (Wildman–Crippen LogP) is 3.41. The van der Waals surface area contributed by atoms with Crippen molar-refractivity contribution in [2.45, 2.75) is 47.0 Å². The van der Waals surface area contributed by atoms with E-state index < -0.39 is 0 Å².